The lowest BCUT2D eigenvalue weighted by molar-refractivity contribution is 0.874. The first-order valence-electron chi connectivity index (χ1n) is 2.96. The highest BCUT2D eigenvalue weighted by Crippen LogP contribution is 2.08. The Morgan fingerprint density at radius 1 is 1.89 bits per heavy atom. The SMILES string of the molecule is C=CC(C)c1ncc[nH]1. The van der Waals surface area contributed by atoms with Crippen LogP contribution in [0.2, 0.25) is 0 Å². The van der Waals surface area contributed by atoms with E-state index in [1.165, 1.54) is 0 Å². The summed E-state index contributed by atoms with van der Waals surface area (Å²) in [4.78, 5) is 7.07. The molecule has 1 atom stereocenters. The van der Waals surface area contributed by atoms with Crippen LogP contribution in [-0.4, -0.2) is 9.97 Å². The smallest absolute Gasteiger partial charge is 0.112 e. The van der Waals surface area contributed by atoms with Crippen molar-refractivity contribution in [2.45, 2.75) is 12.8 Å². The van der Waals surface area contributed by atoms with Gasteiger partial charge in [0, 0.05) is 18.3 Å². The Labute approximate surface area is 54.6 Å². The molecule has 48 valence electrons. The lowest BCUT2D eigenvalue weighted by Crippen LogP contribution is -1.89. The summed E-state index contributed by atoms with van der Waals surface area (Å²) in [6.45, 7) is 5.70. The van der Waals surface area contributed by atoms with E-state index in [4.69, 9.17) is 0 Å². The summed E-state index contributed by atoms with van der Waals surface area (Å²) in [5.74, 6) is 1.31. The number of nitrogens with one attached hydrogen (secondary N) is 1. The van der Waals surface area contributed by atoms with Crippen molar-refractivity contribution in [3.63, 3.8) is 0 Å². The van der Waals surface area contributed by atoms with Crippen LogP contribution in [0.15, 0.2) is 25.0 Å². The van der Waals surface area contributed by atoms with Crippen molar-refractivity contribution >= 4 is 0 Å². The molecular weight excluding hydrogens is 112 g/mol. The van der Waals surface area contributed by atoms with Gasteiger partial charge in [-0.25, -0.2) is 4.98 Å². The molecule has 0 bridgehead atoms. The molecule has 0 radical (unpaired) electrons. The highest BCUT2D eigenvalue weighted by molar-refractivity contribution is 5.02. The summed E-state index contributed by atoms with van der Waals surface area (Å²) in [6.07, 6.45) is 5.42. The Morgan fingerprint density at radius 2 is 2.67 bits per heavy atom. The number of H-pyrrole nitrogens is 1. The first-order valence-corrected chi connectivity index (χ1v) is 2.96. The minimum atomic E-state index is 0.333. The standard InChI is InChI=1S/C7H10N2/c1-3-6(2)7-8-4-5-9-7/h3-6H,1H2,2H3,(H,8,9). The average Bonchev–Trinajstić information content (AvgIpc) is 2.37. The molecule has 0 saturated carbocycles. The Balaban J connectivity index is 2.76. The molecule has 9 heavy (non-hydrogen) atoms. The van der Waals surface area contributed by atoms with Gasteiger partial charge >= 0.3 is 0 Å². The number of nitrogens with zero attached hydrogens (tertiary/aromatic N) is 1. The minimum absolute atomic E-state index is 0.333. The fraction of sp³-hybridized carbons (Fsp3) is 0.286. The molecule has 0 aliphatic rings. The number of hydrogen-bond donors (Lipinski definition) is 1. The van der Waals surface area contributed by atoms with Crippen molar-refractivity contribution in [3.8, 4) is 0 Å². The van der Waals surface area contributed by atoms with Crippen LogP contribution in [-0.2, 0) is 0 Å². The Bertz CT molecular complexity index is 177. The summed E-state index contributed by atoms with van der Waals surface area (Å²) in [5, 5.41) is 0. The first-order chi connectivity index (χ1) is 4.34. The summed E-state index contributed by atoms with van der Waals surface area (Å²) in [7, 11) is 0. The van der Waals surface area contributed by atoms with Gasteiger partial charge in [-0.3, -0.25) is 0 Å². The predicted molar refractivity (Wildman–Crippen MR) is 37.2 cm³/mol. The summed E-state index contributed by atoms with van der Waals surface area (Å²) >= 11 is 0. The number of allylic oxidation sites excluding steroid dienone is 1. The van der Waals surface area contributed by atoms with Crippen LogP contribution in [0.1, 0.15) is 18.7 Å². The zero-order valence-corrected chi connectivity index (χ0v) is 5.46. The van der Waals surface area contributed by atoms with Crippen LogP contribution in [0.5, 0.6) is 0 Å². The highest BCUT2D eigenvalue weighted by Gasteiger charge is 1.99. The van der Waals surface area contributed by atoms with Crippen molar-refractivity contribution in [2.75, 3.05) is 0 Å². The summed E-state index contributed by atoms with van der Waals surface area (Å²) in [6, 6.07) is 0. The van der Waals surface area contributed by atoms with E-state index in [2.05, 4.69) is 16.5 Å². The number of imidazole rings is 1. The van der Waals surface area contributed by atoms with Crippen LogP contribution >= 0.6 is 0 Å². The second-order valence-corrected chi connectivity index (χ2v) is 2.00. The fourth-order valence-electron chi connectivity index (χ4n) is 0.638. The third-order valence-corrected chi connectivity index (χ3v) is 1.30. The minimum Gasteiger partial charge on any atom is -0.348 e. The maximum atomic E-state index is 4.06. The molecule has 1 unspecified atom stereocenters. The molecule has 0 aromatic carbocycles. The average molecular weight is 122 g/mol. The zero-order chi connectivity index (χ0) is 6.69. The molecule has 0 fully saturated rings. The van der Waals surface area contributed by atoms with Gasteiger partial charge in [0.1, 0.15) is 5.82 Å². The van der Waals surface area contributed by atoms with Crippen LogP contribution in [0.4, 0.5) is 0 Å². The monoisotopic (exact) mass is 122 g/mol. The van der Waals surface area contributed by atoms with Crippen molar-refractivity contribution in [1.82, 2.24) is 9.97 Å². The number of rotatable bonds is 2. The molecule has 1 aromatic heterocycles. The van der Waals surface area contributed by atoms with E-state index in [0.717, 1.165) is 5.82 Å². The number of hydrogen-bond acceptors (Lipinski definition) is 1. The van der Waals surface area contributed by atoms with Crippen LogP contribution in [0, 0.1) is 0 Å². The second kappa shape index (κ2) is 2.49. The van der Waals surface area contributed by atoms with Crippen molar-refractivity contribution in [3.05, 3.63) is 30.9 Å². The molecule has 0 amide bonds. The maximum Gasteiger partial charge on any atom is 0.112 e. The number of aromatic nitrogens is 2. The van der Waals surface area contributed by atoms with Crippen LogP contribution in [0.25, 0.3) is 0 Å². The third kappa shape index (κ3) is 1.19. The van der Waals surface area contributed by atoms with Gasteiger partial charge in [0.25, 0.3) is 0 Å². The maximum absolute atomic E-state index is 4.06. The van der Waals surface area contributed by atoms with Gasteiger partial charge in [-0.05, 0) is 0 Å². The third-order valence-electron chi connectivity index (χ3n) is 1.30. The Hall–Kier alpha value is -1.05. The van der Waals surface area contributed by atoms with Crippen LogP contribution < -0.4 is 0 Å². The van der Waals surface area contributed by atoms with E-state index >= 15 is 0 Å². The summed E-state index contributed by atoms with van der Waals surface area (Å²) in [5.41, 5.74) is 0. The molecule has 0 saturated heterocycles. The van der Waals surface area contributed by atoms with E-state index < -0.39 is 0 Å². The van der Waals surface area contributed by atoms with Gasteiger partial charge < -0.3 is 4.98 Å². The first kappa shape index (κ1) is 6.08. The van der Waals surface area contributed by atoms with Crippen molar-refractivity contribution in [1.29, 1.82) is 0 Å². The van der Waals surface area contributed by atoms with Crippen LogP contribution in [0.3, 0.4) is 0 Å². The number of aromatic amines is 1. The second-order valence-electron chi connectivity index (χ2n) is 2.00. The quantitative estimate of drug-likeness (QED) is 0.594. The molecule has 1 aromatic rings. The van der Waals surface area contributed by atoms with E-state index in [1.54, 1.807) is 6.20 Å². The zero-order valence-electron chi connectivity index (χ0n) is 5.46. The lowest BCUT2D eigenvalue weighted by Gasteiger charge is -1.97. The van der Waals surface area contributed by atoms with Gasteiger partial charge in [0.15, 0.2) is 0 Å². The largest absolute Gasteiger partial charge is 0.348 e. The molecule has 2 heteroatoms. The molecule has 0 aliphatic heterocycles. The molecule has 1 rings (SSSR count). The van der Waals surface area contributed by atoms with Crippen molar-refractivity contribution in [2.24, 2.45) is 0 Å². The topological polar surface area (TPSA) is 28.7 Å². The van der Waals surface area contributed by atoms with Gasteiger partial charge in [-0.1, -0.05) is 13.0 Å². The van der Waals surface area contributed by atoms with Gasteiger partial charge in [0.05, 0.1) is 0 Å². The molecule has 0 aliphatic carbocycles. The summed E-state index contributed by atoms with van der Waals surface area (Å²) < 4.78 is 0. The highest BCUT2D eigenvalue weighted by atomic mass is 14.9. The Kier molecular flexibility index (Phi) is 1.68. The molecule has 1 heterocycles. The Morgan fingerprint density at radius 3 is 3.11 bits per heavy atom. The van der Waals surface area contributed by atoms with E-state index in [9.17, 15) is 0 Å². The van der Waals surface area contributed by atoms with Crippen molar-refractivity contribution < 1.29 is 0 Å². The van der Waals surface area contributed by atoms with E-state index in [-0.39, 0.29) is 0 Å². The molecular formula is C7H10N2. The van der Waals surface area contributed by atoms with E-state index in [0.29, 0.717) is 5.92 Å². The normalized spacial score (nSPS) is 13.0. The van der Waals surface area contributed by atoms with E-state index in [1.807, 2.05) is 19.2 Å². The molecule has 0 spiro atoms. The van der Waals surface area contributed by atoms with Gasteiger partial charge in [0.2, 0.25) is 0 Å². The van der Waals surface area contributed by atoms with Gasteiger partial charge in [-0.15, -0.1) is 6.58 Å². The lowest BCUT2D eigenvalue weighted by atomic mass is 10.2. The predicted octanol–water partition coefficient (Wildman–Crippen LogP) is 1.70. The fourth-order valence-corrected chi connectivity index (χ4v) is 0.638. The molecule has 2 nitrogen and oxygen atoms in total. The van der Waals surface area contributed by atoms with Gasteiger partial charge in [-0.2, -0.15) is 0 Å². The molecule has 1 N–H and O–H groups in total.